The fraction of sp³-hybridized carbons (Fsp3) is 0.333. The Labute approximate surface area is 118 Å². The normalized spacial score (nSPS) is 10.4. The van der Waals surface area contributed by atoms with E-state index in [4.69, 9.17) is 10.00 Å². The lowest BCUT2D eigenvalue weighted by atomic mass is 10.2. The molecule has 5 heteroatoms. The quantitative estimate of drug-likeness (QED) is 0.775. The van der Waals surface area contributed by atoms with Crippen LogP contribution in [0.1, 0.15) is 16.8 Å². The lowest BCUT2D eigenvalue weighted by molar-refractivity contribution is 0.199. The molecule has 0 unspecified atom stereocenters. The van der Waals surface area contributed by atoms with Crippen molar-refractivity contribution in [3.8, 4) is 6.07 Å². The van der Waals surface area contributed by atoms with Gasteiger partial charge in [0, 0.05) is 50.9 Å². The van der Waals surface area contributed by atoms with E-state index in [1.54, 1.807) is 13.3 Å². The van der Waals surface area contributed by atoms with Gasteiger partial charge in [0.05, 0.1) is 6.61 Å². The zero-order valence-corrected chi connectivity index (χ0v) is 11.5. The summed E-state index contributed by atoms with van der Waals surface area (Å²) < 4.78 is 7.04. The molecule has 0 aliphatic carbocycles. The molecule has 0 atom stereocenters. The van der Waals surface area contributed by atoms with E-state index in [0.29, 0.717) is 18.8 Å². The molecule has 0 amide bonds. The maximum absolute atomic E-state index is 9.02. The molecule has 1 N–H and O–H groups in total. The summed E-state index contributed by atoms with van der Waals surface area (Å²) in [5.74, 6) is 0. The van der Waals surface area contributed by atoms with Crippen LogP contribution >= 0.6 is 0 Å². The molecule has 2 rings (SSSR count). The number of hydrogen-bond acceptors (Lipinski definition) is 4. The Morgan fingerprint density at radius 1 is 1.45 bits per heavy atom. The van der Waals surface area contributed by atoms with Gasteiger partial charge < -0.3 is 14.6 Å². The van der Waals surface area contributed by atoms with Gasteiger partial charge in [-0.1, -0.05) is 6.07 Å². The number of aromatic nitrogens is 2. The zero-order valence-electron chi connectivity index (χ0n) is 11.5. The van der Waals surface area contributed by atoms with Gasteiger partial charge in [-0.3, -0.25) is 0 Å². The van der Waals surface area contributed by atoms with Gasteiger partial charge in [0.25, 0.3) is 0 Å². The highest BCUT2D eigenvalue weighted by atomic mass is 16.5. The minimum absolute atomic E-state index is 0.487. The smallest absolute Gasteiger partial charge is 0.145 e. The largest absolute Gasteiger partial charge is 0.383 e. The monoisotopic (exact) mass is 270 g/mol. The molecule has 104 valence electrons. The lowest BCUT2D eigenvalue weighted by Gasteiger charge is -2.04. The van der Waals surface area contributed by atoms with Crippen molar-refractivity contribution in [2.45, 2.75) is 13.1 Å². The molecule has 0 radical (unpaired) electrons. The third-order valence-electron chi connectivity index (χ3n) is 2.97. The van der Waals surface area contributed by atoms with Crippen molar-refractivity contribution in [3.05, 3.63) is 53.6 Å². The molecular weight excluding hydrogens is 252 g/mol. The molecule has 0 aliphatic heterocycles. The fourth-order valence-electron chi connectivity index (χ4n) is 1.96. The highest BCUT2D eigenvalue weighted by molar-refractivity contribution is 5.31. The van der Waals surface area contributed by atoms with Gasteiger partial charge in [0.2, 0.25) is 0 Å². The van der Waals surface area contributed by atoms with Crippen LogP contribution in [0.15, 0.2) is 36.8 Å². The second-order valence-electron chi connectivity index (χ2n) is 4.48. The van der Waals surface area contributed by atoms with Crippen molar-refractivity contribution in [1.29, 1.82) is 5.26 Å². The van der Waals surface area contributed by atoms with Crippen LogP contribution in [-0.4, -0.2) is 29.8 Å². The van der Waals surface area contributed by atoms with Crippen LogP contribution in [-0.2, 0) is 17.8 Å². The molecule has 2 aromatic heterocycles. The average molecular weight is 270 g/mol. The number of nitrogens with zero attached hydrogens (tertiary/aromatic N) is 3. The molecule has 0 aromatic carbocycles. The van der Waals surface area contributed by atoms with Crippen LogP contribution in [0, 0.1) is 11.3 Å². The Morgan fingerprint density at radius 2 is 2.35 bits per heavy atom. The van der Waals surface area contributed by atoms with Crippen molar-refractivity contribution in [2.24, 2.45) is 0 Å². The van der Waals surface area contributed by atoms with Crippen molar-refractivity contribution >= 4 is 0 Å². The van der Waals surface area contributed by atoms with Gasteiger partial charge in [-0.05, 0) is 17.7 Å². The minimum atomic E-state index is 0.487. The first kappa shape index (κ1) is 14.3. The summed E-state index contributed by atoms with van der Waals surface area (Å²) in [6.07, 6.45) is 5.73. The van der Waals surface area contributed by atoms with Crippen LogP contribution < -0.4 is 5.32 Å². The van der Waals surface area contributed by atoms with Gasteiger partial charge >= 0.3 is 0 Å². The first-order valence-corrected chi connectivity index (χ1v) is 6.52. The van der Waals surface area contributed by atoms with Crippen LogP contribution in [0.4, 0.5) is 0 Å². The second-order valence-corrected chi connectivity index (χ2v) is 4.48. The van der Waals surface area contributed by atoms with Crippen molar-refractivity contribution in [1.82, 2.24) is 14.9 Å². The van der Waals surface area contributed by atoms with E-state index in [0.717, 1.165) is 18.7 Å². The molecule has 0 aliphatic rings. The molecule has 0 saturated carbocycles. The van der Waals surface area contributed by atoms with Gasteiger partial charge in [0.15, 0.2) is 0 Å². The number of methoxy groups -OCH3 is 1. The van der Waals surface area contributed by atoms with E-state index in [1.807, 2.05) is 18.3 Å². The van der Waals surface area contributed by atoms with Crippen LogP contribution in [0.3, 0.4) is 0 Å². The van der Waals surface area contributed by atoms with Gasteiger partial charge in [-0.15, -0.1) is 0 Å². The van der Waals surface area contributed by atoms with Crippen molar-refractivity contribution in [3.63, 3.8) is 0 Å². The number of pyridine rings is 1. The SMILES string of the molecule is COCCNCc1ccn(Cc2cccnc2C#N)c1. The van der Waals surface area contributed by atoms with E-state index in [2.05, 4.69) is 33.2 Å². The third kappa shape index (κ3) is 3.92. The Balaban J connectivity index is 1.94. The van der Waals surface area contributed by atoms with E-state index in [9.17, 15) is 0 Å². The molecule has 0 saturated heterocycles. The standard InChI is InChI=1S/C15H18N4O/c1-20-8-6-17-10-13-4-7-19(11-13)12-14-3-2-5-18-15(14)9-16/h2-5,7,11,17H,6,8,10,12H2,1H3. The second kappa shape index (κ2) is 7.43. The summed E-state index contributed by atoms with van der Waals surface area (Å²) in [7, 11) is 1.69. The minimum Gasteiger partial charge on any atom is -0.383 e. The van der Waals surface area contributed by atoms with E-state index in [1.165, 1.54) is 5.56 Å². The molecule has 2 heterocycles. The summed E-state index contributed by atoms with van der Waals surface area (Å²) in [4.78, 5) is 4.07. The van der Waals surface area contributed by atoms with Crippen molar-refractivity contribution in [2.75, 3.05) is 20.3 Å². The number of nitrogens with one attached hydrogen (secondary N) is 1. The third-order valence-corrected chi connectivity index (χ3v) is 2.97. The number of nitriles is 1. The van der Waals surface area contributed by atoms with Crippen molar-refractivity contribution < 1.29 is 4.74 Å². The fourth-order valence-corrected chi connectivity index (χ4v) is 1.96. The molecule has 5 nitrogen and oxygen atoms in total. The van der Waals surface area contributed by atoms with Crippen LogP contribution in [0.25, 0.3) is 0 Å². The van der Waals surface area contributed by atoms with Gasteiger partial charge in [0.1, 0.15) is 11.8 Å². The number of hydrogen-bond donors (Lipinski definition) is 1. The predicted octanol–water partition coefficient (Wildman–Crippen LogP) is 1.54. The summed E-state index contributed by atoms with van der Waals surface area (Å²) >= 11 is 0. The van der Waals surface area contributed by atoms with Crippen LogP contribution in [0.5, 0.6) is 0 Å². The lowest BCUT2D eigenvalue weighted by Crippen LogP contribution is -2.18. The summed E-state index contributed by atoms with van der Waals surface area (Å²) in [6.45, 7) is 3.02. The molecule has 0 bridgehead atoms. The summed E-state index contributed by atoms with van der Waals surface area (Å²) in [5.41, 5.74) is 2.63. The Hall–Kier alpha value is -2.16. The Kier molecular flexibility index (Phi) is 5.30. The van der Waals surface area contributed by atoms with Gasteiger partial charge in [-0.2, -0.15) is 5.26 Å². The van der Waals surface area contributed by atoms with E-state index < -0.39 is 0 Å². The predicted molar refractivity (Wildman–Crippen MR) is 76.1 cm³/mol. The van der Waals surface area contributed by atoms with E-state index in [-0.39, 0.29) is 0 Å². The summed E-state index contributed by atoms with van der Waals surface area (Å²) in [5, 5.41) is 12.3. The van der Waals surface area contributed by atoms with Gasteiger partial charge in [-0.25, -0.2) is 4.98 Å². The topological polar surface area (TPSA) is 62.9 Å². The maximum atomic E-state index is 9.02. The molecular formula is C15H18N4O. The number of ether oxygens (including phenoxy) is 1. The molecule has 0 spiro atoms. The molecule has 2 aromatic rings. The highest BCUT2D eigenvalue weighted by Crippen LogP contribution is 2.09. The maximum Gasteiger partial charge on any atom is 0.145 e. The van der Waals surface area contributed by atoms with Crippen LogP contribution in [0.2, 0.25) is 0 Å². The van der Waals surface area contributed by atoms with E-state index >= 15 is 0 Å². The first-order valence-electron chi connectivity index (χ1n) is 6.52. The number of rotatable bonds is 7. The highest BCUT2D eigenvalue weighted by Gasteiger charge is 2.03. The molecule has 20 heavy (non-hydrogen) atoms. The first-order chi connectivity index (χ1) is 9.83. The Morgan fingerprint density at radius 3 is 3.15 bits per heavy atom. The molecule has 0 fully saturated rings. The average Bonchev–Trinajstić information content (AvgIpc) is 2.92. The Bertz CT molecular complexity index is 586. The zero-order chi connectivity index (χ0) is 14.2. The summed E-state index contributed by atoms with van der Waals surface area (Å²) in [6, 6.07) is 7.98.